The van der Waals surface area contributed by atoms with Crippen molar-refractivity contribution in [3.8, 4) is 11.6 Å². The molecule has 0 bridgehead atoms. The highest BCUT2D eigenvalue weighted by Crippen LogP contribution is 2.27. The van der Waals surface area contributed by atoms with Gasteiger partial charge in [-0.1, -0.05) is 4.85 Å². The first-order valence-electron chi connectivity index (χ1n) is 3.69. The highest BCUT2D eigenvalue weighted by Gasteiger charge is 2.20. The molecule has 0 radical (unpaired) electrons. The van der Waals surface area contributed by atoms with E-state index in [9.17, 15) is 15.5 Å². The molecular formula is C4H6N6O6. The van der Waals surface area contributed by atoms with Crippen LogP contribution in [0.25, 0.3) is 11.2 Å². The van der Waals surface area contributed by atoms with Crippen molar-refractivity contribution in [3.05, 3.63) is 0 Å². The van der Waals surface area contributed by atoms with Crippen LogP contribution >= 0.6 is 0 Å². The Bertz CT molecular complexity index is 600. The highest BCUT2D eigenvalue weighted by molar-refractivity contribution is 5.77. The van der Waals surface area contributed by atoms with E-state index in [0.29, 0.717) is 0 Å². The number of nitrogens with zero attached hydrogens (tertiary/aromatic N) is 6. The monoisotopic (exact) mass is 234 g/mol. The number of fused-ring (bicyclic) bond motifs is 1. The molecule has 0 saturated carbocycles. The van der Waals surface area contributed by atoms with Crippen LogP contribution in [0.5, 0.6) is 11.6 Å². The predicted molar refractivity (Wildman–Crippen MR) is 41.2 cm³/mol. The van der Waals surface area contributed by atoms with Crippen molar-refractivity contribution in [1.29, 1.82) is 0 Å². The molecule has 2 rings (SSSR count). The average Bonchev–Trinajstić information content (AvgIpc) is 2.27. The van der Waals surface area contributed by atoms with Crippen LogP contribution in [0.4, 0.5) is 0 Å². The minimum atomic E-state index is -0.960. The summed E-state index contributed by atoms with van der Waals surface area (Å²) < 4.78 is 0. The van der Waals surface area contributed by atoms with Gasteiger partial charge in [0, 0.05) is 9.92 Å². The van der Waals surface area contributed by atoms with Crippen LogP contribution in [-0.2, 0) is 0 Å². The van der Waals surface area contributed by atoms with E-state index in [1.807, 2.05) is 0 Å². The van der Waals surface area contributed by atoms with Crippen LogP contribution in [0.15, 0.2) is 0 Å². The molecule has 0 fully saturated rings. The highest BCUT2D eigenvalue weighted by atomic mass is 16.7. The summed E-state index contributed by atoms with van der Waals surface area (Å²) in [7, 11) is 0. The molecule has 0 aliphatic heterocycles. The lowest BCUT2D eigenvalue weighted by Gasteiger charge is -2.14. The van der Waals surface area contributed by atoms with Crippen LogP contribution in [0.1, 0.15) is 0 Å². The quantitative estimate of drug-likeness (QED) is 0.294. The molecular weight excluding hydrogens is 228 g/mol. The second-order valence-corrected chi connectivity index (χ2v) is 2.66. The van der Waals surface area contributed by atoms with Crippen LogP contribution in [0.2, 0.25) is 0 Å². The van der Waals surface area contributed by atoms with Crippen molar-refractivity contribution in [3.63, 3.8) is 0 Å². The van der Waals surface area contributed by atoms with Crippen molar-refractivity contribution < 1.29 is 31.0 Å². The van der Waals surface area contributed by atoms with Crippen LogP contribution < -0.4 is 0 Å². The standard InChI is InChI=1S/C4H6N6O6/c11-2-1-3(5-6-4(2)12)8(14)10(16)9(15)7(1)13/h13-16H,(H,5,11)(H,6,12). The Balaban J connectivity index is 3.09. The summed E-state index contributed by atoms with van der Waals surface area (Å²) in [5, 5.41) is 61.0. The maximum Gasteiger partial charge on any atom is 0.276 e. The van der Waals surface area contributed by atoms with Gasteiger partial charge in [-0.25, -0.2) is 0 Å². The molecule has 12 heteroatoms. The van der Waals surface area contributed by atoms with E-state index >= 15 is 0 Å². The number of hydrogen-bond donors (Lipinski definition) is 6. The number of hydrogen-bond acceptors (Lipinski definition) is 8. The maximum atomic E-state index is 9.31. The smallest absolute Gasteiger partial charge is 0.276 e. The molecule has 0 aliphatic rings. The third-order valence-corrected chi connectivity index (χ3v) is 1.78. The van der Waals surface area contributed by atoms with Gasteiger partial charge in [0.2, 0.25) is 16.9 Å². The Morgan fingerprint density at radius 3 is 2.00 bits per heavy atom. The summed E-state index contributed by atoms with van der Waals surface area (Å²) in [5.74, 6) is -1.90. The molecule has 16 heavy (non-hydrogen) atoms. The third kappa shape index (κ3) is 0.969. The van der Waals surface area contributed by atoms with Crippen LogP contribution in [0.3, 0.4) is 0 Å². The van der Waals surface area contributed by atoms with Crippen molar-refractivity contribution in [1.82, 2.24) is 29.8 Å². The second-order valence-electron chi connectivity index (χ2n) is 2.66. The first kappa shape index (κ1) is 9.63. The molecule has 0 spiro atoms. The molecule has 0 unspecified atom stereocenters. The van der Waals surface area contributed by atoms with Crippen LogP contribution in [-0.4, -0.2) is 60.8 Å². The summed E-state index contributed by atoms with van der Waals surface area (Å²) >= 11 is 0. The SMILES string of the molecule is Oc1nnc2c(c1O)n(O)n(O)n(O)n2O. The predicted octanol–water partition coefficient (Wildman–Crippen LogP) is -1.68. The van der Waals surface area contributed by atoms with Crippen molar-refractivity contribution in [2.75, 3.05) is 0 Å². The van der Waals surface area contributed by atoms with E-state index < -0.39 is 22.8 Å². The lowest BCUT2D eigenvalue weighted by atomic mass is 10.4. The molecule has 0 aromatic carbocycles. The van der Waals surface area contributed by atoms with Crippen molar-refractivity contribution >= 4 is 11.2 Å². The van der Waals surface area contributed by atoms with Gasteiger partial charge in [0.25, 0.3) is 5.88 Å². The molecule has 2 aromatic heterocycles. The van der Waals surface area contributed by atoms with E-state index in [1.165, 1.54) is 0 Å². The number of rotatable bonds is 0. The first-order chi connectivity index (χ1) is 7.45. The third-order valence-electron chi connectivity index (χ3n) is 1.78. The van der Waals surface area contributed by atoms with E-state index in [-0.39, 0.29) is 19.6 Å². The molecule has 12 nitrogen and oxygen atoms in total. The number of aromatic nitrogens is 6. The Kier molecular flexibility index (Phi) is 1.68. The Morgan fingerprint density at radius 1 is 0.812 bits per heavy atom. The minimum Gasteiger partial charge on any atom is -0.501 e. The summed E-state index contributed by atoms with van der Waals surface area (Å²) in [6, 6.07) is 0. The molecule has 0 amide bonds. The van der Waals surface area contributed by atoms with Crippen molar-refractivity contribution in [2.24, 2.45) is 0 Å². The summed E-state index contributed by atoms with van der Waals surface area (Å²) in [5.41, 5.74) is -1.33. The van der Waals surface area contributed by atoms with E-state index in [4.69, 9.17) is 15.5 Å². The zero-order valence-corrected chi connectivity index (χ0v) is 7.37. The zero-order valence-electron chi connectivity index (χ0n) is 7.37. The van der Waals surface area contributed by atoms with Gasteiger partial charge in [-0.05, 0) is 4.85 Å². The van der Waals surface area contributed by atoms with E-state index in [1.54, 1.807) is 0 Å². The average molecular weight is 234 g/mol. The van der Waals surface area contributed by atoms with Gasteiger partial charge in [-0.3, -0.25) is 0 Å². The second kappa shape index (κ2) is 2.78. The van der Waals surface area contributed by atoms with Gasteiger partial charge in [0.05, 0.1) is 0 Å². The van der Waals surface area contributed by atoms with Gasteiger partial charge in [0.1, 0.15) is 0 Å². The number of aromatic hydroxyl groups is 2. The molecule has 6 N–H and O–H groups in total. The Hall–Kier alpha value is -2.92. The topological polar surface area (TPSA) is 167 Å². The molecule has 0 saturated heterocycles. The van der Waals surface area contributed by atoms with E-state index in [0.717, 1.165) is 0 Å². The molecule has 0 atom stereocenters. The van der Waals surface area contributed by atoms with Crippen LogP contribution in [0, 0.1) is 0 Å². The summed E-state index contributed by atoms with van der Waals surface area (Å²) in [6.07, 6.45) is 0. The fraction of sp³-hybridized carbons (Fsp3) is 0. The lowest BCUT2D eigenvalue weighted by molar-refractivity contribution is -0.176. The van der Waals surface area contributed by atoms with E-state index in [2.05, 4.69) is 10.2 Å². The minimum absolute atomic E-state index is 0.145. The van der Waals surface area contributed by atoms with Gasteiger partial charge in [-0.15, -0.1) is 10.2 Å². The molecule has 2 aromatic rings. The lowest BCUT2D eigenvalue weighted by Crippen LogP contribution is -2.30. The summed E-state index contributed by atoms with van der Waals surface area (Å²) in [6.45, 7) is 0. The fourth-order valence-electron chi connectivity index (χ4n) is 1.05. The Labute approximate surface area is 84.7 Å². The fourth-order valence-corrected chi connectivity index (χ4v) is 1.05. The summed E-state index contributed by atoms with van der Waals surface area (Å²) in [4.78, 5) is -1.07. The zero-order chi connectivity index (χ0) is 12.0. The largest absolute Gasteiger partial charge is 0.501 e. The van der Waals surface area contributed by atoms with Gasteiger partial charge < -0.3 is 31.0 Å². The first-order valence-corrected chi connectivity index (χ1v) is 3.69. The van der Waals surface area contributed by atoms with Crippen molar-refractivity contribution in [2.45, 2.75) is 0 Å². The van der Waals surface area contributed by atoms with Gasteiger partial charge >= 0.3 is 0 Å². The molecule has 2 heterocycles. The molecule has 88 valence electrons. The maximum absolute atomic E-state index is 9.31. The van der Waals surface area contributed by atoms with Gasteiger partial charge in [0.15, 0.2) is 0 Å². The Morgan fingerprint density at radius 2 is 1.38 bits per heavy atom. The molecule has 0 aliphatic carbocycles. The normalized spacial score (nSPS) is 10.8. The van der Waals surface area contributed by atoms with Gasteiger partial charge in [-0.2, -0.15) is 0 Å².